The number of carbonyl (C=O) groups excluding carboxylic acids is 2. The number of nitrogens with one attached hydrogen (secondary N) is 2. The summed E-state index contributed by atoms with van der Waals surface area (Å²) >= 11 is 0. The standard InChI is InChI=1S/C32H31FN6O4/c1-32(2,3)26-17-25(38-43-26)30(40)35-18-22-9-8-21(16-24(22)33)23-10-11-34-29-27(23)36-28(37-29)19-4-6-20(7-5-19)31(41)39-12-14-42-15-13-39/h4-11,16-17H,12-15,18H2,1-3H3,(H,35,40)(H,34,36,37). The lowest BCUT2D eigenvalue weighted by molar-refractivity contribution is 0.0303. The van der Waals surface area contributed by atoms with Gasteiger partial charge in [0.25, 0.3) is 11.8 Å². The molecule has 0 unspecified atom stereocenters. The van der Waals surface area contributed by atoms with Crippen molar-refractivity contribution in [3.63, 3.8) is 0 Å². The summed E-state index contributed by atoms with van der Waals surface area (Å²) in [5, 5.41) is 6.54. The number of hydrogen-bond acceptors (Lipinski definition) is 7. The molecule has 0 bridgehead atoms. The number of morpholine rings is 1. The van der Waals surface area contributed by atoms with E-state index in [1.54, 1.807) is 47.5 Å². The molecule has 43 heavy (non-hydrogen) atoms. The van der Waals surface area contributed by atoms with Gasteiger partial charge in [-0.25, -0.2) is 14.4 Å². The van der Waals surface area contributed by atoms with E-state index >= 15 is 4.39 Å². The van der Waals surface area contributed by atoms with Gasteiger partial charge in [0.1, 0.15) is 22.9 Å². The van der Waals surface area contributed by atoms with Gasteiger partial charge in [-0.2, -0.15) is 0 Å². The molecule has 3 aromatic heterocycles. The Bertz CT molecular complexity index is 1800. The molecule has 5 aromatic rings. The summed E-state index contributed by atoms with van der Waals surface area (Å²) in [6.45, 7) is 8.12. The fourth-order valence-corrected chi connectivity index (χ4v) is 4.86. The average Bonchev–Trinajstić information content (AvgIpc) is 3.69. The molecule has 0 radical (unpaired) electrons. The lowest BCUT2D eigenvalue weighted by atomic mass is 9.93. The van der Waals surface area contributed by atoms with E-state index in [4.69, 9.17) is 14.2 Å². The zero-order valence-electron chi connectivity index (χ0n) is 24.1. The lowest BCUT2D eigenvalue weighted by Gasteiger charge is -2.26. The van der Waals surface area contributed by atoms with Gasteiger partial charge in [-0.3, -0.25) is 9.59 Å². The number of fused-ring (bicyclic) bond motifs is 1. The number of rotatable bonds is 6. The summed E-state index contributed by atoms with van der Waals surface area (Å²) in [6.07, 6.45) is 1.64. The summed E-state index contributed by atoms with van der Waals surface area (Å²) < 4.78 is 25.8. The first kappa shape index (κ1) is 28.2. The number of benzene rings is 2. The molecule has 0 aliphatic carbocycles. The Morgan fingerprint density at radius 3 is 2.47 bits per heavy atom. The van der Waals surface area contributed by atoms with E-state index in [0.717, 1.165) is 5.56 Å². The zero-order chi connectivity index (χ0) is 30.1. The summed E-state index contributed by atoms with van der Waals surface area (Å²) in [4.78, 5) is 39.5. The summed E-state index contributed by atoms with van der Waals surface area (Å²) in [7, 11) is 0. The van der Waals surface area contributed by atoms with E-state index in [9.17, 15) is 9.59 Å². The van der Waals surface area contributed by atoms with Crippen LogP contribution in [0.15, 0.2) is 65.3 Å². The van der Waals surface area contributed by atoms with Crippen molar-refractivity contribution in [2.75, 3.05) is 26.3 Å². The fourth-order valence-electron chi connectivity index (χ4n) is 4.86. The number of H-pyrrole nitrogens is 1. The van der Waals surface area contributed by atoms with Crippen LogP contribution in [0.4, 0.5) is 4.39 Å². The topological polar surface area (TPSA) is 126 Å². The van der Waals surface area contributed by atoms with Crippen LogP contribution in [0, 0.1) is 5.82 Å². The van der Waals surface area contributed by atoms with Gasteiger partial charge < -0.3 is 24.5 Å². The Kier molecular flexibility index (Phi) is 7.49. The third-order valence-corrected chi connectivity index (χ3v) is 7.37. The van der Waals surface area contributed by atoms with Gasteiger partial charge in [-0.15, -0.1) is 0 Å². The van der Waals surface area contributed by atoms with Crippen LogP contribution in [0.25, 0.3) is 33.7 Å². The molecular weight excluding hydrogens is 551 g/mol. The molecule has 2 N–H and O–H groups in total. The van der Waals surface area contributed by atoms with Gasteiger partial charge in [0.15, 0.2) is 11.3 Å². The maximum absolute atomic E-state index is 15.2. The molecule has 2 aromatic carbocycles. The second kappa shape index (κ2) is 11.4. The molecule has 0 saturated carbocycles. The highest BCUT2D eigenvalue weighted by Gasteiger charge is 2.23. The van der Waals surface area contributed by atoms with Crippen molar-refractivity contribution in [1.82, 2.24) is 30.3 Å². The van der Waals surface area contributed by atoms with Crippen molar-refractivity contribution in [1.29, 1.82) is 0 Å². The average molecular weight is 583 g/mol. The van der Waals surface area contributed by atoms with Crippen LogP contribution in [0.5, 0.6) is 0 Å². The maximum Gasteiger partial charge on any atom is 0.273 e. The van der Waals surface area contributed by atoms with Gasteiger partial charge in [0.2, 0.25) is 0 Å². The Hall–Kier alpha value is -4.90. The number of hydrogen-bond donors (Lipinski definition) is 2. The highest BCUT2D eigenvalue weighted by molar-refractivity contribution is 5.95. The molecule has 0 atom stereocenters. The zero-order valence-corrected chi connectivity index (χ0v) is 24.1. The molecule has 10 nitrogen and oxygen atoms in total. The highest BCUT2D eigenvalue weighted by Crippen LogP contribution is 2.30. The summed E-state index contributed by atoms with van der Waals surface area (Å²) in [5.41, 5.74) is 4.06. The minimum atomic E-state index is -0.463. The van der Waals surface area contributed by atoms with E-state index in [2.05, 4.69) is 20.4 Å². The Morgan fingerprint density at radius 1 is 1.02 bits per heavy atom. The second-order valence-corrected chi connectivity index (χ2v) is 11.4. The SMILES string of the molecule is CC(C)(C)c1cc(C(=O)NCc2ccc(-c3ccnc4[nH]c(-c5ccc(C(=O)N6CCOCC6)cc5)nc34)cc2F)no1. The highest BCUT2D eigenvalue weighted by atomic mass is 19.1. The maximum atomic E-state index is 15.2. The van der Waals surface area contributed by atoms with Gasteiger partial charge in [-0.05, 0) is 29.8 Å². The monoisotopic (exact) mass is 582 g/mol. The first-order valence-electron chi connectivity index (χ1n) is 14.0. The molecule has 0 spiro atoms. The number of amides is 2. The first-order chi connectivity index (χ1) is 20.7. The predicted octanol–water partition coefficient (Wildman–Crippen LogP) is 5.12. The van der Waals surface area contributed by atoms with E-state index in [1.807, 2.05) is 32.9 Å². The smallest absolute Gasteiger partial charge is 0.273 e. The number of nitrogens with zero attached hydrogens (tertiary/aromatic N) is 4. The molecule has 11 heteroatoms. The van der Waals surface area contributed by atoms with Crippen molar-refractivity contribution >= 4 is 23.0 Å². The van der Waals surface area contributed by atoms with Crippen LogP contribution in [0.3, 0.4) is 0 Å². The van der Waals surface area contributed by atoms with Crippen molar-refractivity contribution in [3.05, 3.63) is 89.2 Å². The molecular formula is C32H31FN6O4. The normalized spacial score (nSPS) is 13.8. The summed E-state index contributed by atoms with van der Waals surface area (Å²) in [5.74, 6) is 0.244. The Morgan fingerprint density at radius 2 is 1.77 bits per heavy atom. The largest absolute Gasteiger partial charge is 0.378 e. The van der Waals surface area contributed by atoms with Crippen molar-refractivity contribution in [2.45, 2.75) is 32.7 Å². The second-order valence-electron chi connectivity index (χ2n) is 11.4. The fraction of sp³-hybridized carbons (Fsp3) is 0.281. The number of imidazole rings is 1. The van der Waals surface area contributed by atoms with Crippen molar-refractivity contribution < 1.29 is 23.2 Å². The minimum Gasteiger partial charge on any atom is -0.378 e. The molecule has 220 valence electrons. The van der Waals surface area contributed by atoms with Crippen LogP contribution >= 0.6 is 0 Å². The number of pyridine rings is 1. The van der Waals surface area contributed by atoms with Crippen LogP contribution < -0.4 is 5.32 Å². The minimum absolute atomic E-state index is 0.00893. The van der Waals surface area contributed by atoms with Gasteiger partial charge in [-0.1, -0.05) is 50.2 Å². The number of aromatic nitrogens is 4. The number of ether oxygens (including phenoxy) is 1. The predicted molar refractivity (Wildman–Crippen MR) is 158 cm³/mol. The number of aromatic amines is 1. The molecule has 1 saturated heterocycles. The van der Waals surface area contributed by atoms with Gasteiger partial charge in [0.05, 0.1) is 13.2 Å². The number of carbonyl (C=O) groups is 2. The molecule has 6 rings (SSSR count). The van der Waals surface area contributed by atoms with Gasteiger partial charge >= 0.3 is 0 Å². The Labute approximate surface area is 247 Å². The van der Waals surface area contributed by atoms with Crippen LogP contribution in [-0.2, 0) is 16.7 Å². The molecule has 2 amide bonds. The van der Waals surface area contributed by atoms with E-state index in [1.165, 1.54) is 6.07 Å². The lowest BCUT2D eigenvalue weighted by Crippen LogP contribution is -2.40. The van der Waals surface area contributed by atoms with Crippen molar-refractivity contribution in [3.8, 4) is 22.5 Å². The first-order valence-corrected chi connectivity index (χ1v) is 14.0. The third-order valence-electron chi connectivity index (χ3n) is 7.37. The number of halogens is 1. The van der Waals surface area contributed by atoms with Gasteiger partial charge in [0, 0.05) is 59.6 Å². The van der Waals surface area contributed by atoms with Crippen LogP contribution in [0.2, 0.25) is 0 Å². The van der Waals surface area contributed by atoms with Crippen LogP contribution in [0.1, 0.15) is 52.9 Å². The molecule has 1 fully saturated rings. The van der Waals surface area contributed by atoms with Crippen LogP contribution in [-0.4, -0.2) is 63.1 Å². The molecule has 4 heterocycles. The van der Waals surface area contributed by atoms with E-state index in [0.29, 0.717) is 71.3 Å². The quantitative estimate of drug-likeness (QED) is 0.285. The van der Waals surface area contributed by atoms with E-state index < -0.39 is 11.7 Å². The van der Waals surface area contributed by atoms with E-state index in [-0.39, 0.29) is 23.6 Å². The van der Waals surface area contributed by atoms with Crippen molar-refractivity contribution in [2.24, 2.45) is 0 Å². The third kappa shape index (κ3) is 5.89. The summed E-state index contributed by atoms with van der Waals surface area (Å²) in [6, 6.07) is 15.5. The Balaban J connectivity index is 1.18. The molecule has 1 aliphatic rings. The molecule has 1 aliphatic heterocycles.